The maximum absolute atomic E-state index is 14.6. The summed E-state index contributed by atoms with van der Waals surface area (Å²) >= 11 is 0.877. The third-order valence-corrected chi connectivity index (χ3v) is 8.22. The zero-order chi connectivity index (χ0) is 23.7. The average Bonchev–Trinajstić information content (AvgIpc) is 3.15. The number of nitrogens with zero attached hydrogens (tertiary/aromatic N) is 2. The van der Waals surface area contributed by atoms with Gasteiger partial charge < -0.3 is 20.6 Å². The Balaban J connectivity index is 2.49. The molecule has 1 heterocycles. The van der Waals surface area contributed by atoms with Gasteiger partial charge in [0.05, 0.1) is 28.2 Å². The summed E-state index contributed by atoms with van der Waals surface area (Å²) in [7, 11) is -3.23. The van der Waals surface area contributed by atoms with Gasteiger partial charge in [-0.15, -0.1) is 15.7 Å². The number of aromatic hydroxyl groups is 1. The third kappa shape index (κ3) is 5.40. The maximum atomic E-state index is 14.6. The Kier molecular flexibility index (Phi) is 7.47. The number of hydrogen-bond donors (Lipinski definition) is 4. The van der Waals surface area contributed by atoms with E-state index < -0.39 is 39.5 Å². The summed E-state index contributed by atoms with van der Waals surface area (Å²) in [4.78, 5) is 16.6. The molecule has 11 heteroatoms. The Labute approximate surface area is 185 Å². The highest BCUT2D eigenvalue weighted by molar-refractivity contribution is 7.95. The van der Waals surface area contributed by atoms with E-state index in [1.807, 2.05) is 13.8 Å². The molecule has 2 aromatic rings. The van der Waals surface area contributed by atoms with E-state index in [1.54, 1.807) is 13.8 Å². The number of benzene rings is 1. The fraction of sp³-hybridized carbons (Fsp3) is 0.500. The number of aliphatic hydroxyl groups is 2. The topological polar surface area (TPSA) is 132 Å². The van der Waals surface area contributed by atoms with E-state index in [4.69, 9.17) is 0 Å². The predicted octanol–water partition coefficient (Wildman–Crippen LogP) is 4.12. The van der Waals surface area contributed by atoms with Crippen LogP contribution in [0.5, 0.6) is 5.75 Å². The summed E-state index contributed by atoms with van der Waals surface area (Å²) in [6.45, 7) is 7.90. The smallest absolute Gasteiger partial charge is 0.353 e. The molecule has 8 nitrogen and oxygen atoms in total. The second-order valence-electron chi connectivity index (χ2n) is 8.14. The SMILES string of the molecule is CC(C)c1cc(O)c(F)c(C(C)C)c1NC(=O)N=S(C)(=O)c1cnc(C(C)(O)CO)s1. The lowest BCUT2D eigenvalue weighted by Crippen LogP contribution is -2.25. The lowest BCUT2D eigenvalue weighted by molar-refractivity contribution is -0.00244. The van der Waals surface area contributed by atoms with Crippen molar-refractivity contribution in [3.63, 3.8) is 0 Å². The highest BCUT2D eigenvalue weighted by Gasteiger charge is 2.28. The van der Waals surface area contributed by atoms with Crippen LogP contribution in [0.15, 0.2) is 20.8 Å². The van der Waals surface area contributed by atoms with Crippen LogP contribution in [0, 0.1) is 5.82 Å². The molecule has 0 aliphatic heterocycles. The Morgan fingerprint density at radius 3 is 2.48 bits per heavy atom. The van der Waals surface area contributed by atoms with Gasteiger partial charge in [0.25, 0.3) is 0 Å². The van der Waals surface area contributed by atoms with Gasteiger partial charge in [-0.2, -0.15) is 0 Å². The van der Waals surface area contributed by atoms with Crippen molar-refractivity contribution in [3.8, 4) is 5.75 Å². The second-order valence-corrected chi connectivity index (χ2v) is 11.7. The van der Waals surface area contributed by atoms with E-state index in [1.165, 1.54) is 25.4 Å². The van der Waals surface area contributed by atoms with Gasteiger partial charge >= 0.3 is 6.03 Å². The standard InChI is InChI=1S/C20H28FN3O5S2/c1-10(2)12-7-13(26)16(21)15(11(3)4)17(12)23-19(27)24-31(6,29)14-8-22-18(30-14)20(5,28)9-25/h7-8,10-11,25-26,28H,9H2,1-6H3,(H,23,27). The minimum absolute atomic E-state index is 0.133. The molecule has 2 rings (SSSR count). The van der Waals surface area contributed by atoms with Crippen molar-refractivity contribution in [2.45, 2.75) is 56.3 Å². The number of phenols is 1. The monoisotopic (exact) mass is 473 g/mol. The molecule has 0 aliphatic carbocycles. The minimum Gasteiger partial charge on any atom is -0.505 e. The number of aliphatic hydroxyl groups excluding tert-OH is 1. The molecule has 1 aromatic carbocycles. The van der Waals surface area contributed by atoms with Crippen molar-refractivity contribution in [2.75, 3.05) is 18.2 Å². The van der Waals surface area contributed by atoms with Gasteiger partial charge in [-0.05, 0) is 30.4 Å². The number of amides is 2. The number of phenolic OH excluding ortho intramolecular Hbond substituents is 1. The Bertz CT molecular complexity index is 1100. The van der Waals surface area contributed by atoms with E-state index in [9.17, 15) is 28.7 Å². The predicted molar refractivity (Wildman–Crippen MR) is 119 cm³/mol. The van der Waals surface area contributed by atoms with Gasteiger partial charge in [-0.3, -0.25) is 0 Å². The third-order valence-electron chi connectivity index (χ3n) is 4.63. The van der Waals surface area contributed by atoms with Gasteiger partial charge in [-0.25, -0.2) is 18.4 Å². The number of aromatic nitrogens is 1. The van der Waals surface area contributed by atoms with Gasteiger partial charge in [0.15, 0.2) is 11.6 Å². The quantitative estimate of drug-likeness (QED) is 0.467. The van der Waals surface area contributed by atoms with Crippen molar-refractivity contribution in [3.05, 3.63) is 34.2 Å². The van der Waals surface area contributed by atoms with Gasteiger partial charge in [0.1, 0.15) is 14.8 Å². The Hall–Kier alpha value is -2.08. The summed E-state index contributed by atoms with van der Waals surface area (Å²) in [5.74, 6) is -1.83. The van der Waals surface area contributed by atoms with Gasteiger partial charge in [-0.1, -0.05) is 27.7 Å². The number of halogens is 1. The molecule has 2 atom stereocenters. The van der Waals surface area contributed by atoms with Gasteiger partial charge in [0, 0.05) is 11.8 Å². The van der Waals surface area contributed by atoms with E-state index in [0.29, 0.717) is 5.56 Å². The number of thiazole rings is 1. The molecule has 2 unspecified atom stereocenters. The molecule has 31 heavy (non-hydrogen) atoms. The molecule has 2 amide bonds. The minimum atomic E-state index is -3.23. The molecule has 4 N–H and O–H groups in total. The molecule has 0 radical (unpaired) electrons. The molecular weight excluding hydrogens is 445 g/mol. The fourth-order valence-corrected chi connectivity index (χ4v) is 5.26. The molecule has 172 valence electrons. The molecule has 0 aliphatic rings. The van der Waals surface area contributed by atoms with Crippen LogP contribution < -0.4 is 5.32 Å². The largest absolute Gasteiger partial charge is 0.505 e. The lowest BCUT2D eigenvalue weighted by atomic mass is 9.91. The van der Waals surface area contributed by atoms with E-state index in [0.717, 1.165) is 11.3 Å². The lowest BCUT2D eigenvalue weighted by Gasteiger charge is -2.21. The second kappa shape index (κ2) is 9.19. The first-order valence-electron chi connectivity index (χ1n) is 9.59. The average molecular weight is 474 g/mol. The molecular formula is C20H28FN3O5S2. The van der Waals surface area contributed by atoms with E-state index >= 15 is 0 Å². The first kappa shape index (κ1) is 25.2. The number of carbonyl (C=O) groups is 1. The van der Waals surface area contributed by atoms with Gasteiger partial charge in [0.2, 0.25) is 0 Å². The first-order chi connectivity index (χ1) is 14.2. The van der Waals surface area contributed by atoms with Crippen LogP contribution in [0.2, 0.25) is 0 Å². The highest BCUT2D eigenvalue weighted by atomic mass is 32.2. The van der Waals surface area contributed by atoms with Crippen LogP contribution >= 0.6 is 11.3 Å². The van der Waals surface area contributed by atoms with Crippen molar-refractivity contribution >= 4 is 32.8 Å². The van der Waals surface area contributed by atoms with Crippen LogP contribution in [0.4, 0.5) is 14.9 Å². The van der Waals surface area contributed by atoms with E-state index in [2.05, 4.69) is 14.7 Å². The molecule has 1 aromatic heterocycles. The van der Waals surface area contributed by atoms with Crippen LogP contribution in [-0.2, 0) is 15.3 Å². The molecule has 0 saturated carbocycles. The zero-order valence-electron chi connectivity index (χ0n) is 18.3. The zero-order valence-corrected chi connectivity index (χ0v) is 19.9. The van der Waals surface area contributed by atoms with Crippen LogP contribution in [-0.4, -0.2) is 43.4 Å². The summed E-state index contributed by atoms with van der Waals surface area (Å²) < 4.78 is 31.6. The number of hydrogen-bond acceptors (Lipinski definition) is 7. The van der Waals surface area contributed by atoms with Crippen molar-refractivity contribution in [2.24, 2.45) is 4.36 Å². The van der Waals surface area contributed by atoms with Crippen LogP contribution in [0.3, 0.4) is 0 Å². The van der Waals surface area contributed by atoms with Crippen molar-refractivity contribution in [1.82, 2.24) is 4.98 Å². The number of rotatable bonds is 6. The first-order valence-corrected chi connectivity index (χ1v) is 12.3. The molecule has 0 spiro atoms. The summed E-state index contributed by atoms with van der Waals surface area (Å²) in [5.41, 5.74) is -0.762. The van der Waals surface area contributed by atoms with E-state index in [-0.39, 0.29) is 32.3 Å². The Morgan fingerprint density at radius 1 is 1.35 bits per heavy atom. The summed E-state index contributed by atoms with van der Waals surface area (Å²) in [6.07, 6.45) is 2.49. The fourth-order valence-electron chi connectivity index (χ4n) is 2.91. The Morgan fingerprint density at radius 2 is 1.97 bits per heavy atom. The number of nitrogens with one attached hydrogen (secondary N) is 1. The van der Waals surface area contributed by atoms with Crippen LogP contribution in [0.1, 0.15) is 62.6 Å². The molecule has 0 bridgehead atoms. The highest BCUT2D eigenvalue weighted by Crippen LogP contribution is 2.39. The molecule has 0 saturated heterocycles. The number of anilines is 1. The van der Waals surface area contributed by atoms with Crippen molar-refractivity contribution < 1.29 is 28.7 Å². The summed E-state index contributed by atoms with van der Waals surface area (Å²) in [6, 6.07) is 0.322. The molecule has 0 fully saturated rings. The maximum Gasteiger partial charge on any atom is 0.353 e. The summed E-state index contributed by atoms with van der Waals surface area (Å²) in [5, 5.41) is 32.0. The number of carbonyl (C=O) groups excluding carboxylic acids is 1. The normalized spacial score (nSPS) is 15.6. The van der Waals surface area contributed by atoms with Crippen LogP contribution in [0.25, 0.3) is 0 Å². The van der Waals surface area contributed by atoms with Crippen molar-refractivity contribution in [1.29, 1.82) is 0 Å². The number of urea groups is 1.